The van der Waals surface area contributed by atoms with E-state index in [1.165, 1.54) is 0 Å². The number of hydrogen-bond donors (Lipinski definition) is 4. The lowest BCUT2D eigenvalue weighted by atomic mass is 10.2. The van der Waals surface area contributed by atoms with E-state index in [9.17, 15) is 14.4 Å². The molecular weight excluding hydrogens is 338 g/mol. The summed E-state index contributed by atoms with van der Waals surface area (Å²) in [5.41, 5.74) is 5.23. The summed E-state index contributed by atoms with van der Waals surface area (Å²) >= 11 is 0. The minimum absolute atomic E-state index is 0.0369. The number of nitrogens with one attached hydrogen (secondary N) is 2. The van der Waals surface area contributed by atoms with Gasteiger partial charge in [-0.15, -0.1) is 0 Å². The summed E-state index contributed by atoms with van der Waals surface area (Å²) in [5, 5.41) is 13.5. The van der Waals surface area contributed by atoms with Crippen molar-refractivity contribution in [3.05, 3.63) is 0 Å². The van der Waals surface area contributed by atoms with E-state index in [4.69, 9.17) is 29.8 Å². The molecule has 0 bridgehead atoms. The third kappa shape index (κ3) is 14.0. The van der Waals surface area contributed by atoms with E-state index in [0.717, 1.165) is 0 Å². The lowest BCUT2D eigenvalue weighted by molar-refractivity contribution is -0.139. The minimum Gasteiger partial charge on any atom is -0.480 e. The zero-order chi connectivity index (χ0) is 18.9. The maximum absolute atomic E-state index is 11.3. The van der Waals surface area contributed by atoms with Crippen molar-refractivity contribution in [1.29, 1.82) is 0 Å². The van der Waals surface area contributed by atoms with Crippen LogP contribution >= 0.6 is 0 Å². The van der Waals surface area contributed by atoms with Crippen molar-refractivity contribution in [3.63, 3.8) is 0 Å². The fourth-order valence-corrected chi connectivity index (χ4v) is 1.47. The Labute approximate surface area is 146 Å². The number of nitrogens with two attached hydrogens (primary N) is 1. The average Bonchev–Trinajstić information content (AvgIpc) is 2.58. The molecule has 0 aliphatic rings. The van der Waals surface area contributed by atoms with Crippen molar-refractivity contribution in [1.82, 2.24) is 10.6 Å². The van der Waals surface area contributed by atoms with Gasteiger partial charge in [-0.3, -0.25) is 0 Å². The highest BCUT2D eigenvalue weighted by Crippen LogP contribution is 1.92. The second-order valence-electron chi connectivity index (χ2n) is 4.66. The largest absolute Gasteiger partial charge is 0.480 e. The molecule has 0 fully saturated rings. The van der Waals surface area contributed by atoms with E-state index in [0.29, 0.717) is 13.2 Å². The predicted octanol–water partition coefficient (Wildman–Crippen LogP) is -0.706. The lowest BCUT2D eigenvalue weighted by Crippen LogP contribution is -2.40. The molecule has 0 aliphatic heterocycles. The molecule has 11 heteroatoms. The Morgan fingerprint density at radius 3 is 2.12 bits per heavy atom. The van der Waals surface area contributed by atoms with Crippen molar-refractivity contribution in [2.45, 2.75) is 19.4 Å². The van der Waals surface area contributed by atoms with Crippen LogP contribution in [-0.4, -0.2) is 82.0 Å². The van der Waals surface area contributed by atoms with Crippen LogP contribution in [0.3, 0.4) is 0 Å². The second kappa shape index (κ2) is 15.4. The summed E-state index contributed by atoms with van der Waals surface area (Å²) in [4.78, 5) is 33.3. The van der Waals surface area contributed by atoms with Crippen LogP contribution < -0.4 is 16.4 Å². The molecule has 0 aromatic heterocycles. The van der Waals surface area contributed by atoms with Crippen molar-refractivity contribution in [2.24, 2.45) is 5.73 Å². The van der Waals surface area contributed by atoms with Crippen molar-refractivity contribution < 1.29 is 38.4 Å². The molecule has 25 heavy (non-hydrogen) atoms. The van der Waals surface area contributed by atoms with Crippen LogP contribution in [0.5, 0.6) is 0 Å². The van der Waals surface area contributed by atoms with Gasteiger partial charge in [0.05, 0.1) is 26.4 Å². The number of hydrogen-bond acceptors (Lipinski definition) is 8. The molecule has 0 saturated carbocycles. The highest BCUT2D eigenvalue weighted by atomic mass is 16.6. The van der Waals surface area contributed by atoms with Gasteiger partial charge in [-0.25, -0.2) is 14.4 Å². The van der Waals surface area contributed by atoms with Crippen molar-refractivity contribution >= 4 is 18.2 Å². The van der Waals surface area contributed by atoms with Gasteiger partial charge in [0.2, 0.25) is 0 Å². The molecule has 5 N–H and O–H groups in total. The number of carboxylic acids is 1. The van der Waals surface area contributed by atoms with E-state index in [2.05, 4.69) is 10.6 Å². The molecular formula is C14H27N3O8. The summed E-state index contributed by atoms with van der Waals surface area (Å²) in [7, 11) is 0. The standard InChI is InChI=1S/C14H27N3O8/c1-2-11(12(18)19)17-14(21)25-10-8-23-6-4-16-13(20)24-9-7-22-5-3-15/h11H,2-10,15H2,1H3,(H,16,20)(H,17,21)(H,18,19). The normalized spacial score (nSPS) is 11.4. The summed E-state index contributed by atoms with van der Waals surface area (Å²) in [6.07, 6.45) is -1.16. The smallest absolute Gasteiger partial charge is 0.407 e. The number of rotatable bonds is 14. The number of carboxylic acid groups (broad SMARTS) is 1. The predicted molar refractivity (Wildman–Crippen MR) is 86.2 cm³/mol. The Kier molecular flexibility index (Phi) is 14.1. The van der Waals surface area contributed by atoms with E-state index >= 15 is 0 Å². The number of ether oxygens (including phenoxy) is 4. The molecule has 0 aromatic rings. The fraction of sp³-hybridized carbons (Fsp3) is 0.786. The zero-order valence-electron chi connectivity index (χ0n) is 14.3. The minimum atomic E-state index is -1.13. The lowest BCUT2D eigenvalue weighted by Gasteiger charge is -2.12. The first-order valence-electron chi connectivity index (χ1n) is 7.93. The Bertz CT molecular complexity index is 394. The molecule has 2 amide bonds. The first-order valence-corrected chi connectivity index (χ1v) is 7.93. The highest BCUT2D eigenvalue weighted by Gasteiger charge is 2.17. The maximum atomic E-state index is 11.3. The third-order valence-corrected chi connectivity index (χ3v) is 2.70. The Morgan fingerprint density at radius 1 is 0.960 bits per heavy atom. The Morgan fingerprint density at radius 2 is 1.56 bits per heavy atom. The summed E-state index contributed by atoms with van der Waals surface area (Å²) in [6.45, 7) is 3.37. The fourth-order valence-electron chi connectivity index (χ4n) is 1.47. The summed E-state index contributed by atoms with van der Waals surface area (Å²) in [5.74, 6) is -1.13. The zero-order valence-corrected chi connectivity index (χ0v) is 14.3. The first-order chi connectivity index (χ1) is 12.0. The number of carbonyl (C=O) groups excluding carboxylic acids is 2. The average molecular weight is 365 g/mol. The van der Waals surface area contributed by atoms with Gasteiger partial charge in [0.1, 0.15) is 19.3 Å². The van der Waals surface area contributed by atoms with Crippen LogP contribution in [0.4, 0.5) is 9.59 Å². The van der Waals surface area contributed by atoms with Gasteiger partial charge >= 0.3 is 18.2 Å². The molecule has 0 aromatic carbocycles. The van der Waals surface area contributed by atoms with Crippen LogP contribution in [-0.2, 0) is 23.7 Å². The van der Waals surface area contributed by atoms with E-state index in [1.54, 1.807) is 6.92 Å². The van der Waals surface area contributed by atoms with Gasteiger partial charge < -0.3 is 40.4 Å². The number of aliphatic carboxylic acids is 1. The van der Waals surface area contributed by atoms with Crippen LogP contribution in [0.1, 0.15) is 13.3 Å². The van der Waals surface area contributed by atoms with Crippen molar-refractivity contribution in [2.75, 3.05) is 52.7 Å². The molecule has 1 unspecified atom stereocenters. The van der Waals surface area contributed by atoms with Gasteiger partial charge in [-0.2, -0.15) is 0 Å². The third-order valence-electron chi connectivity index (χ3n) is 2.70. The van der Waals surface area contributed by atoms with Crippen molar-refractivity contribution in [3.8, 4) is 0 Å². The quantitative estimate of drug-likeness (QED) is 0.292. The molecule has 146 valence electrons. The van der Waals surface area contributed by atoms with Crippen LogP contribution in [0.2, 0.25) is 0 Å². The van der Waals surface area contributed by atoms with E-state index < -0.39 is 24.2 Å². The van der Waals surface area contributed by atoms with Gasteiger partial charge in [0.25, 0.3) is 0 Å². The topological polar surface area (TPSA) is 158 Å². The van der Waals surface area contributed by atoms with Gasteiger partial charge in [-0.1, -0.05) is 6.92 Å². The Balaban J connectivity index is 3.47. The number of carbonyl (C=O) groups is 3. The molecule has 11 nitrogen and oxygen atoms in total. The van der Waals surface area contributed by atoms with Crippen LogP contribution in [0.15, 0.2) is 0 Å². The van der Waals surface area contributed by atoms with Crippen LogP contribution in [0, 0.1) is 0 Å². The Hall–Kier alpha value is -2.11. The van der Waals surface area contributed by atoms with E-state index in [1.807, 2.05) is 0 Å². The molecule has 0 spiro atoms. The molecule has 0 saturated heterocycles. The maximum Gasteiger partial charge on any atom is 0.407 e. The van der Waals surface area contributed by atoms with Gasteiger partial charge in [-0.05, 0) is 6.42 Å². The van der Waals surface area contributed by atoms with E-state index in [-0.39, 0.29) is 46.0 Å². The SMILES string of the molecule is CCC(NC(=O)OCCOCCNC(=O)OCCOCCN)C(=O)O. The van der Waals surface area contributed by atoms with Gasteiger partial charge in [0.15, 0.2) is 0 Å². The number of amides is 2. The molecule has 1 atom stereocenters. The highest BCUT2D eigenvalue weighted by molar-refractivity contribution is 5.79. The molecule has 0 rings (SSSR count). The number of alkyl carbamates (subject to hydrolysis) is 2. The van der Waals surface area contributed by atoms with Crippen LogP contribution in [0.25, 0.3) is 0 Å². The van der Waals surface area contributed by atoms with Gasteiger partial charge in [0, 0.05) is 13.1 Å². The molecule has 0 aliphatic carbocycles. The summed E-state index contributed by atoms with van der Waals surface area (Å²) < 4.78 is 19.8. The monoisotopic (exact) mass is 365 g/mol. The first kappa shape index (κ1) is 22.9. The second-order valence-corrected chi connectivity index (χ2v) is 4.66. The molecule has 0 heterocycles. The molecule has 0 radical (unpaired) electrons. The summed E-state index contributed by atoms with van der Waals surface area (Å²) in [6, 6.07) is -0.982.